The van der Waals surface area contributed by atoms with E-state index in [-0.39, 0.29) is 0 Å². The van der Waals surface area contributed by atoms with Gasteiger partial charge in [-0.3, -0.25) is 4.68 Å². The van der Waals surface area contributed by atoms with Crippen LogP contribution in [-0.2, 0) is 23.1 Å². The lowest BCUT2D eigenvalue weighted by Crippen LogP contribution is -2.26. The maximum absolute atomic E-state index is 12.3. The average Bonchev–Trinajstić information content (AvgIpc) is 3.00. The summed E-state index contributed by atoms with van der Waals surface area (Å²) in [5.41, 5.74) is 1.94. The summed E-state index contributed by atoms with van der Waals surface area (Å²) in [5.74, 6) is 0. The molecule has 2 heterocycles. The Morgan fingerprint density at radius 1 is 1.47 bits per heavy atom. The summed E-state index contributed by atoms with van der Waals surface area (Å²) in [6.45, 7) is 5.09. The van der Waals surface area contributed by atoms with Gasteiger partial charge in [-0.25, -0.2) is 8.42 Å². The number of aromatic nitrogens is 2. The number of aryl methyl sites for hydroxylation is 1. The molecule has 0 bridgehead atoms. The highest BCUT2D eigenvalue weighted by Crippen LogP contribution is 2.22. The van der Waals surface area contributed by atoms with Gasteiger partial charge in [0.05, 0.1) is 6.20 Å². The van der Waals surface area contributed by atoms with Crippen LogP contribution in [-0.4, -0.2) is 29.6 Å². The number of thiophene rings is 1. The molecule has 0 spiro atoms. The van der Waals surface area contributed by atoms with Crippen LogP contribution in [0.15, 0.2) is 27.9 Å². The topological polar surface area (TPSA) is 55.2 Å². The van der Waals surface area contributed by atoms with Crippen LogP contribution in [0.25, 0.3) is 0 Å². The van der Waals surface area contributed by atoms with Crippen LogP contribution in [0.5, 0.6) is 0 Å². The van der Waals surface area contributed by atoms with Gasteiger partial charge in [-0.1, -0.05) is 6.07 Å². The first kappa shape index (κ1) is 14.2. The van der Waals surface area contributed by atoms with Crippen molar-refractivity contribution in [2.24, 2.45) is 0 Å². The van der Waals surface area contributed by atoms with E-state index in [1.807, 2.05) is 18.5 Å². The lowest BCUT2D eigenvalue weighted by molar-refractivity contribution is 0.467. The molecule has 2 rings (SSSR count). The zero-order chi connectivity index (χ0) is 14.0. The number of hydrogen-bond acceptors (Lipinski definition) is 4. The Hall–Kier alpha value is -1.18. The van der Waals surface area contributed by atoms with Crippen LogP contribution >= 0.6 is 11.3 Å². The molecule has 5 nitrogen and oxygen atoms in total. The average molecular weight is 299 g/mol. The lowest BCUT2D eigenvalue weighted by Gasteiger charge is -2.15. The summed E-state index contributed by atoms with van der Waals surface area (Å²) in [6, 6.07) is 3.37. The number of nitrogens with zero attached hydrogens (tertiary/aromatic N) is 3. The van der Waals surface area contributed by atoms with Crippen LogP contribution in [0, 0.1) is 6.92 Å². The predicted molar refractivity (Wildman–Crippen MR) is 75.6 cm³/mol. The van der Waals surface area contributed by atoms with E-state index in [1.54, 1.807) is 30.8 Å². The van der Waals surface area contributed by atoms with E-state index >= 15 is 0 Å². The zero-order valence-electron chi connectivity index (χ0n) is 11.2. The molecule has 7 heteroatoms. The van der Waals surface area contributed by atoms with Crippen LogP contribution in [0.3, 0.4) is 0 Å². The fraction of sp³-hybridized carbons (Fsp3) is 0.417. The van der Waals surface area contributed by atoms with Crippen molar-refractivity contribution in [3.05, 3.63) is 35.0 Å². The first-order valence-corrected chi connectivity index (χ1v) is 8.30. The summed E-state index contributed by atoms with van der Waals surface area (Å²) in [5, 5.41) is 5.99. The van der Waals surface area contributed by atoms with Crippen LogP contribution < -0.4 is 0 Å². The highest BCUT2D eigenvalue weighted by atomic mass is 32.2. The molecule has 0 N–H and O–H groups in total. The molecule has 2 aromatic rings. The standard InChI is InChI=1S/C12H17N3O2S2/c1-4-15-10(2)11(8-13-15)9-14(3)19(16,17)12-6-5-7-18-12/h5-8H,4,9H2,1-3H3. The van der Waals surface area contributed by atoms with Crippen molar-refractivity contribution in [1.29, 1.82) is 0 Å². The maximum atomic E-state index is 12.3. The van der Waals surface area contributed by atoms with Crippen molar-refractivity contribution in [3.63, 3.8) is 0 Å². The SMILES string of the molecule is CCn1ncc(CN(C)S(=O)(=O)c2cccs2)c1C. The minimum Gasteiger partial charge on any atom is -0.270 e. The summed E-state index contributed by atoms with van der Waals surface area (Å²) in [6.07, 6.45) is 1.74. The molecular weight excluding hydrogens is 282 g/mol. The van der Waals surface area contributed by atoms with Gasteiger partial charge >= 0.3 is 0 Å². The summed E-state index contributed by atoms with van der Waals surface area (Å²) in [7, 11) is -1.80. The molecule has 0 saturated carbocycles. The van der Waals surface area contributed by atoms with Gasteiger partial charge < -0.3 is 0 Å². The summed E-state index contributed by atoms with van der Waals surface area (Å²) in [4.78, 5) is 0. The van der Waals surface area contributed by atoms with Gasteiger partial charge in [-0.05, 0) is 25.3 Å². The van der Waals surface area contributed by atoms with E-state index < -0.39 is 10.0 Å². The van der Waals surface area contributed by atoms with Crippen LogP contribution in [0.1, 0.15) is 18.2 Å². The molecule has 0 radical (unpaired) electrons. The van der Waals surface area contributed by atoms with E-state index in [2.05, 4.69) is 5.10 Å². The third-order valence-corrected chi connectivity index (χ3v) is 6.23. The molecule has 0 saturated heterocycles. The normalized spacial score (nSPS) is 12.2. The predicted octanol–water partition coefficient (Wildman–Crippen LogP) is 2.09. The van der Waals surface area contributed by atoms with Crippen molar-refractivity contribution >= 4 is 21.4 Å². The Morgan fingerprint density at radius 2 is 2.21 bits per heavy atom. The molecule has 0 amide bonds. The molecule has 104 valence electrons. The number of rotatable bonds is 5. The summed E-state index contributed by atoms with van der Waals surface area (Å²) >= 11 is 1.23. The van der Waals surface area contributed by atoms with Gasteiger partial charge in [0.15, 0.2) is 0 Å². The van der Waals surface area contributed by atoms with Gasteiger partial charge in [0.1, 0.15) is 4.21 Å². The Balaban J connectivity index is 2.22. The molecule has 0 fully saturated rings. The van der Waals surface area contributed by atoms with E-state index in [0.717, 1.165) is 17.8 Å². The van der Waals surface area contributed by atoms with Crippen molar-refractivity contribution in [2.75, 3.05) is 7.05 Å². The van der Waals surface area contributed by atoms with E-state index in [4.69, 9.17) is 0 Å². The Labute approximate surface area is 117 Å². The minimum atomic E-state index is -3.39. The van der Waals surface area contributed by atoms with Crippen molar-refractivity contribution in [1.82, 2.24) is 14.1 Å². The van der Waals surface area contributed by atoms with Crippen LogP contribution in [0.4, 0.5) is 0 Å². The molecule has 0 aliphatic carbocycles. The Kier molecular flexibility index (Phi) is 4.07. The molecule has 0 aromatic carbocycles. The monoisotopic (exact) mass is 299 g/mol. The van der Waals surface area contributed by atoms with E-state index in [0.29, 0.717) is 10.8 Å². The second-order valence-electron chi connectivity index (χ2n) is 4.26. The van der Waals surface area contributed by atoms with Gasteiger partial charge in [0, 0.05) is 31.4 Å². The molecule has 0 unspecified atom stereocenters. The van der Waals surface area contributed by atoms with Gasteiger partial charge in [0.25, 0.3) is 10.0 Å². The lowest BCUT2D eigenvalue weighted by atomic mass is 10.2. The quantitative estimate of drug-likeness (QED) is 0.849. The molecule has 0 aliphatic rings. The minimum absolute atomic E-state index is 0.339. The van der Waals surface area contributed by atoms with Crippen LogP contribution in [0.2, 0.25) is 0 Å². The number of sulfonamides is 1. The smallest absolute Gasteiger partial charge is 0.252 e. The molecule has 2 aromatic heterocycles. The first-order chi connectivity index (χ1) is 8.96. The maximum Gasteiger partial charge on any atom is 0.252 e. The molecule has 19 heavy (non-hydrogen) atoms. The van der Waals surface area contributed by atoms with Crippen molar-refractivity contribution in [3.8, 4) is 0 Å². The van der Waals surface area contributed by atoms with Gasteiger partial charge in [-0.15, -0.1) is 11.3 Å². The highest BCUT2D eigenvalue weighted by Gasteiger charge is 2.23. The molecular formula is C12H17N3O2S2. The first-order valence-electron chi connectivity index (χ1n) is 5.98. The number of hydrogen-bond donors (Lipinski definition) is 0. The fourth-order valence-electron chi connectivity index (χ4n) is 1.85. The second kappa shape index (κ2) is 5.44. The molecule has 0 aliphatic heterocycles. The largest absolute Gasteiger partial charge is 0.270 e. The van der Waals surface area contributed by atoms with Crippen molar-refractivity contribution < 1.29 is 8.42 Å². The van der Waals surface area contributed by atoms with Gasteiger partial charge in [0.2, 0.25) is 0 Å². The molecule has 0 atom stereocenters. The van der Waals surface area contributed by atoms with Gasteiger partial charge in [-0.2, -0.15) is 9.40 Å². The third-order valence-electron chi connectivity index (χ3n) is 3.06. The Bertz CT molecular complexity index is 645. The van der Waals surface area contributed by atoms with E-state index in [9.17, 15) is 8.42 Å². The van der Waals surface area contributed by atoms with Crippen molar-refractivity contribution in [2.45, 2.75) is 31.1 Å². The summed E-state index contributed by atoms with van der Waals surface area (Å²) < 4.78 is 28.2. The third kappa shape index (κ3) is 2.72. The van der Waals surface area contributed by atoms with E-state index in [1.165, 1.54) is 15.6 Å². The zero-order valence-corrected chi connectivity index (χ0v) is 12.8. The highest BCUT2D eigenvalue weighted by molar-refractivity contribution is 7.91. The second-order valence-corrected chi connectivity index (χ2v) is 7.48. The fourth-order valence-corrected chi connectivity index (χ4v) is 4.20. The Morgan fingerprint density at radius 3 is 2.74 bits per heavy atom.